The average molecular weight is 530 g/mol. The number of sulfonamides is 1. The van der Waals surface area contributed by atoms with Gasteiger partial charge in [-0.25, -0.2) is 8.42 Å². The number of nitrogens with zero attached hydrogens (tertiary/aromatic N) is 2. The van der Waals surface area contributed by atoms with E-state index in [1.807, 2.05) is 70.2 Å². The van der Waals surface area contributed by atoms with Crippen molar-refractivity contribution < 1.29 is 18.0 Å². The largest absolute Gasteiger partial charge is 0.354 e. The van der Waals surface area contributed by atoms with Gasteiger partial charge in [0.25, 0.3) is 0 Å². The molecule has 0 aromatic heterocycles. The Bertz CT molecular complexity index is 1140. The summed E-state index contributed by atoms with van der Waals surface area (Å²) in [4.78, 5) is 28.2. The van der Waals surface area contributed by atoms with Gasteiger partial charge in [0.05, 0.1) is 11.9 Å². The number of unbranched alkanes of at least 4 members (excludes halogenated alkanes) is 1. The van der Waals surface area contributed by atoms with Gasteiger partial charge in [-0.3, -0.25) is 13.9 Å². The van der Waals surface area contributed by atoms with Gasteiger partial charge >= 0.3 is 0 Å². The minimum absolute atomic E-state index is 0.140. The van der Waals surface area contributed by atoms with Crippen molar-refractivity contribution in [3.05, 3.63) is 64.7 Å². The molecule has 0 spiro atoms. The zero-order valence-corrected chi connectivity index (χ0v) is 24.0. The van der Waals surface area contributed by atoms with E-state index >= 15 is 0 Å². The second kappa shape index (κ2) is 14.2. The molecular weight excluding hydrogens is 486 g/mol. The van der Waals surface area contributed by atoms with Crippen molar-refractivity contribution in [3.63, 3.8) is 0 Å². The second-order valence-corrected chi connectivity index (χ2v) is 11.8. The van der Waals surface area contributed by atoms with E-state index in [0.717, 1.165) is 35.1 Å². The van der Waals surface area contributed by atoms with Crippen LogP contribution < -0.4 is 9.62 Å². The van der Waals surface area contributed by atoms with Crippen LogP contribution in [0.25, 0.3) is 0 Å². The Labute approximate surface area is 223 Å². The van der Waals surface area contributed by atoms with E-state index in [2.05, 4.69) is 12.2 Å². The molecule has 0 saturated carbocycles. The molecule has 2 amide bonds. The quantitative estimate of drug-likeness (QED) is 0.353. The number of hydrogen-bond acceptors (Lipinski definition) is 4. The summed E-state index contributed by atoms with van der Waals surface area (Å²) in [6.45, 7) is 10.9. The molecule has 0 fully saturated rings. The fourth-order valence-corrected chi connectivity index (χ4v) is 5.48. The third-order valence-corrected chi connectivity index (χ3v) is 7.49. The van der Waals surface area contributed by atoms with Crippen LogP contribution in [0, 0.1) is 20.8 Å². The highest BCUT2D eigenvalue weighted by Crippen LogP contribution is 2.22. The van der Waals surface area contributed by atoms with E-state index in [1.54, 1.807) is 4.90 Å². The summed E-state index contributed by atoms with van der Waals surface area (Å²) < 4.78 is 26.5. The molecule has 1 N–H and O–H groups in total. The number of benzene rings is 2. The Morgan fingerprint density at radius 1 is 0.946 bits per heavy atom. The van der Waals surface area contributed by atoms with Crippen LogP contribution in [0.2, 0.25) is 0 Å². The summed E-state index contributed by atoms with van der Waals surface area (Å²) in [6, 6.07) is 13.0. The molecule has 0 aliphatic heterocycles. The van der Waals surface area contributed by atoms with Gasteiger partial charge in [0.15, 0.2) is 0 Å². The van der Waals surface area contributed by atoms with E-state index in [9.17, 15) is 18.0 Å². The maximum Gasteiger partial charge on any atom is 0.242 e. The monoisotopic (exact) mass is 529 g/mol. The number of hydrogen-bond donors (Lipinski definition) is 1. The zero-order chi connectivity index (χ0) is 27.6. The van der Waals surface area contributed by atoms with Gasteiger partial charge in [0.1, 0.15) is 6.04 Å². The van der Waals surface area contributed by atoms with Crippen molar-refractivity contribution in [3.8, 4) is 0 Å². The summed E-state index contributed by atoms with van der Waals surface area (Å²) in [5, 5.41) is 2.97. The highest BCUT2D eigenvalue weighted by Gasteiger charge is 2.28. The summed E-state index contributed by atoms with van der Waals surface area (Å²) in [6.07, 6.45) is 4.02. The Kier molecular flexibility index (Phi) is 11.6. The van der Waals surface area contributed by atoms with E-state index in [1.165, 1.54) is 10.6 Å². The lowest BCUT2D eigenvalue weighted by Crippen LogP contribution is -2.49. The molecule has 2 aromatic carbocycles. The van der Waals surface area contributed by atoms with Crippen molar-refractivity contribution in [1.82, 2.24) is 10.2 Å². The van der Waals surface area contributed by atoms with Crippen LogP contribution >= 0.6 is 0 Å². The summed E-state index contributed by atoms with van der Waals surface area (Å²) in [5.74, 6) is -0.308. The lowest BCUT2D eigenvalue weighted by atomic mass is 10.1. The lowest BCUT2D eigenvalue weighted by molar-refractivity contribution is -0.141. The van der Waals surface area contributed by atoms with Crippen LogP contribution in [0.3, 0.4) is 0 Å². The van der Waals surface area contributed by atoms with Crippen LogP contribution in [-0.4, -0.2) is 50.5 Å². The van der Waals surface area contributed by atoms with Gasteiger partial charge in [-0.05, 0) is 68.9 Å². The fraction of sp³-hybridized carbons (Fsp3) is 0.517. The highest BCUT2D eigenvalue weighted by molar-refractivity contribution is 7.92. The van der Waals surface area contributed by atoms with Crippen LogP contribution in [0.15, 0.2) is 42.5 Å². The Balaban J connectivity index is 2.22. The maximum atomic E-state index is 13.5. The normalized spacial score (nSPS) is 12.2. The standard InChI is InChI=1S/C29H43N3O4S/c1-7-9-15-30-29(34)27(8-2)31(21-25-13-10-12-22(3)18-25)28(33)14-11-16-32(37(6,35)36)26-19-23(4)17-24(5)20-26/h10,12-13,17-20,27H,7-9,11,14-16,21H2,1-6H3,(H,30,34)/t27-/m1/s1. The first kappa shape index (κ1) is 30.4. The molecule has 204 valence electrons. The molecule has 0 aliphatic rings. The first-order valence-corrected chi connectivity index (χ1v) is 15.0. The molecule has 2 rings (SSSR count). The Morgan fingerprint density at radius 2 is 1.62 bits per heavy atom. The summed E-state index contributed by atoms with van der Waals surface area (Å²) in [7, 11) is -3.53. The molecule has 0 radical (unpaired) electrons. The molecule has 0 saturated heterocycles. The van der Waals surface area contributed by atoms with Crippen molar-refractivity contribution in [2.75, 3.05) is 23.7 Å². The van der Waals surface area contributed by atoms with E-state index < -0.39 is 16.1 Å². The number of nitrogens with one attached hydrogen (secondary N) is 1. The van der Waals surface area contributed by atoms with Gasteiger partial charge in [-0.2, -0.15) is 0 Å². The predicted octanol–water partition coefficient (Wildman–Crippen LogP) is 4.88. The molecule has 0 unspecified atom stereocenters. The molecule has 0 bridgehead atoms. The van der Waals surface area contributed by atoms with Crippen molar-refractivity contribution in [2.24, 2.45) is 0 Å². The number of rotatable bonds is 14. The van der Waals surface area contributed by atoms with Crippen LogP contribution in [-0.2, 0) is 26.2 Å². The summed E-state index contributed by atoms with van der Waals surface area (Å²) in [5.41, 5.74) is 4.60. The number of carbonyl (C=O) groups excluding carboxylic acids is 2. The second-order valence-electron chi connectivity index (χ2n) is 9.86. The maximum absolute atomic E-state index is 13.5. The van der Waals surface area contributed by atoms with Gasteiger partial charge in [-0.15, -0.1) is 0 Å². The van der Waals surface area contributed by atoms with Crippen molar-refractivity contribution in [1.29, 1.82) is 0 Å². The molecule has 37 heavy (non-hydrogen) atoms. The van der Waals surface area contributed by atoms with E-state index in [-0.39, 0.29) is 24.8 Å². The summed E-state index contributed by atoms with van der Waals surface area (Å²) >= 11 is 0. The van der Waals surface area contributed by atoms with E-state index in [0.29, 0.717) is 31.6 Å². The SMILES string of the molecule is CCCCNC(=O)[C@@H](CC)N(Cc1cccc(C)c1)C(=O)CCCN(c1cc(C)cc(C)c1)S(C)(=O)=O. The zero-order valence-electron chi connectivity index (χ0n) is 23.2. The third kappa shape index (κ3) is 9.50. The molecule has 0 aliphatic carbocycles. The average Bonchev–Trinajstić information content (AvgIpc) is 2.80. The van der Waals surface area contributed by atoms with Gasteiger partial charge in [0.2, 0.25) is 21.8 Å². The van der Waals surface area contributed by atoms with Crippen molar-refractivity contribution >= 4 is 27.5 Å². The minimum atomic E-state index is -3.53. The number of anilines is 1. The van der Waals surface area contributed by atoms with Crippen LogP contribution in [0.4, 0.5) is 5.69 Å². The smallest absolute Gasteiger partial charge is 0.242 e. The van der Waals surface area contributed by atoms with Crippen molar-refractivity contribution in [2.45, 2.75) is 79.3 Å². The Hall–Kier alpha value is -2.87. The first-order chi connectivity index (χ1) is 17.5. The van der Waals surface area contributed by atoms with Crippen LogP contribution in [0.5, 0.6) is 0 Å². The Morgan fingerprint density at radius 3 is 2.19 bits per heavy atom. The number of amides is 2. The highest BCUT2D eigenvalue weighted by atomic mass is 32.2. The van der Waals surface area contributed by atoms with E-state index in [4.69, 9.17) is 0 Å². The topological polar surface area (TPSA) is 86.8 Å². The van der Waals surface area contributed by atoms with Gasteiger partial charge < -0.3 is 10.2 Å². The molecule has 7 nitrogen and oxygen atoms in total. The van der Waals surface area contributed by atoms with Gasteiger partial charge in [0, 0.05) is 26.1 Å². The third-order valence-electron chi connectivity index (χ3n) is 6.30. The molecule has 0 heterocycles. The molecular formula is C29H43N3O4S. The molecule has 2 aromatic rings. The minimum Gasteiger partial charge on any atom is -0.354 e. The lowest BCUT2D eigenvalue weighted by Gasteiger charge is -2.31. The fourth-order valence-electron chi connectivity index (χ4n) is 4.53. The van der Waals surface area contributed by atoms with Gasteiger partial charge in [-0.1, -0.05) is 56.2 Å². The molecule has 8 heteroatoms. The number of carbonyl (C=O) groups is 2. The molecule has 1 atom stereocenters. The first-order valence-electron chi connectivity index (χ1n) is 13.1. The predicted molar refractivity (Wildman–Crippen MR) is 151 cm³/mol. The number of aryl methyl sites for hydroxylation is 3. The van der Waals surface area contributed by atoms with Crippen LogP contribution in [0.1, 0.15) is 68.2 Å².